The number of carbonyl (C=O) groups excluding carboxylic acids is 3. The quantitative estimate of drug-likeness (QED) is 0.209. The molecule has 2 aliphatic carbocycles. The number of aromatic nitrogens is 1. The summed E-state index contributed by atoms with van der Waals surface area (Å²) < 4.78 is 5.24. The number of methoxy groups -OCH3 is 1. The molecule has 1 saturated carbocycles. The molecule has 3 atom stereocenters. The Bertz CT molecular complexity index is 1460. The second kappa shape index (κ2) is 13.9. The number of hydrogen-bond acceptors (Lipinski definition) is 7. The minimum absolute atomic E-state index is 0.0377. The van der Waals surface area contributed by atoms with Crippen molar-refractivity contribution in [2.45, 2.75) is 121 Å². The summed E-state index contributed by atoms with van der Waals surface area (Å²) in [5, 5.41) is 10.2. The van der Waals surface area contributed by atoms with Gasteiger partial charge in [-0.2, -0.15) is 5.26 Å². The number of thioether (sulfide) groups is 1. The molecule has 1 aliphatic heterocycles. The molecule has 3 unspecified atom stereocenters. The monoisotopic (exact) mass is 630 g/mol. The van der Waals surface area contributed by atoms with Crippen LogP contribution in [0, 0.1) is 22.7 Å². The van der Waals surface area contributed by atoms with Crippen molar-refractivity contribution in [2.75, 3.05) is 12.0 Å². The van der Waals surface area contributed by atoms with E-state index in [1.54, 1.807) is 36.3 Å². The first-order valence-corrected chi connectivity index (χ1v) is 17.4. The number of carbonyl (C=O) groups is 3. The summed E-state index contributed by atoms with van der Waals surface area (Å²) in [5.41, 5.74) is 3.37. The lowest BCUT2D eigenvalue weighted by Crippen LogP contribution is -2.53. The molecule has 2 heterocycles. The molecule has 0 N–H and O–H groups in total. The lowest BCUT2D eigenvalue weighted by molar-refractivity contribution is -0.141. The highest BCUT2D eigenvalue weighted by Crippen LogP contribution is 2.41. The number of pyridine rings is 1. The summed E-state index contributed by atoms with van der Waals surface area (Å²) in [6, 6.07) is 10.2. The van der Waals surface area contributed by atoms with Crippen LogP contribution in [0.15, 0.2) is 35.4 Å². The van der Waals surface area contributed by atoms with Crippen LogP contribution in [0.25, 0.3) is 0 Å². The van der Waals surface area contributed by atoms with Crippen LogP contribution in [-0.2, 0) is 27.2 Å². The molecule has 8 nitrogen and oxygen atoms in total. The molecule has 2 aromatic rings. The number of anilines is 1. The molecule has 1 aromatic heterocycles. The fourth-order valence-corrected chi connectivity index (χ4v) is 8.22. The molecule has 45 heavy (non-hydrogen) atoms. The average molecular weight is 631 g/mol. The lowest BCUT2D eigenvalue weighted by Gasteiger charge is -2.39. The predicted molar refractivity (Wildman–Crippen MR) is 176 cm³/mol. The zero-order chi connectivity index (χ0) is 32.3. The molecule has 3 aliphatic rings. The van der Waals surface area contributed by atoms with E-state index in [0.717, 1.165) is 69.0 Å². The molecule has 0 spiro atoms. The first-order valence-electron chi connectivity index (χ1n) is 16.5. The maximum atomic E-state index is 14.5. The summed E-state index contributed by atoms with van der Waals surface area (Å²) in [4.78, 5) is 49.7. The van der Waals surface area contributed by atoms with Gasteiger partial charge in [-0.3, -0.25) is 14.4 Å². The summed E-state index contributed by atoms with van der Waals surface area (Å²) in [6.45, 7) is 8.83. The SMILES string of the molecule is CCC(Sc1nc2c(cc1C#N)CC(C(C)(C)CC)CC2)C(=O)N(C1CCCCC1)C1CC(=O)N(c2ccc(OC)cc2)C1=O. The highest BCUT2D eigenvalue weighted by Gasteiger charge is 2.48. The van der Waals surface area contributed by atoms with E-state index in [0.29, 0.717) is 34.4 Å². The highest BCUT2D eigenvalue weighted by atomic mass is 32.2. The number of aryl methyl sites for hydroxylation is 1. The van der Waals surface area contributed by atoms with Gasteiger partial charge < -0.3 is 9.64 Å². The topological polar surface area (TPSA) is 104 Å². The fourth-order valence-electron chi connectivity index (χ4n) is 7.16. The Labute approximate surface area is 271 Å². The summed E-state index contributed by atoms with van der Waals surface area (Å²) in [6.07, 6.45) is 9.09. The molecule has 2 fully saturated rings. The van der Waals surface area contributed by atoms with Crippen LogP contribution in [0.5, 0.6) is 5.75 Å². The minimum atomic E-state index is -0.851. The zero-order valence-electron chi connectivity index (χ0n) is 27.3. The van der Waals surface area contributed by atoms with Crippen LogP contribution in [0.2, 0.25) is 0 Å². The summed E-state index contributed by atoms with van der Waals surface area (Å²) in [5.74, 6) is 0.355. The van der Waals surface area contributed by atoms with Crippen LogP contribution in [0.4, 0.5) is 5.69 Å². The second-order valence-electron chi connectivity index (χ2n) is 13.4. The van der Waals surface area contributed by atoms with Gasteiger partial charge in [0.25, 0.3) is 5.91 Å². The average Bonchev–Trinajstić information content (AvgIpc) is 3.35. The predicted octanol–water partition coefficient (Wildman–Crippen LogP) is 6.87. The molecule has 0 bridgehead atoms. The highest BCUT2D eigenvalue weighted by molar-refractivity contribution is 8.00. The van der Waals surface area contributed by atoms with Gasteiger partial charge >= 0.3 is 0 Å². The van der Waals surface area contributed by atoms with Crippen molar-refractivity contribution in [3.05, 3.63) is 47.2 Å². The van der Waals surface area contributed by atoms with Crippen molar-refractivity contribution in [2.24, 2.45) is 11.3 Å². The Balaban J connectivity index is 1.42. The summed E-state index contributed by atoms with van der Waals surface area (Å²) >= 11 is 1.34. The van der Waals surface area contributed by atoms with Crippen molar-refractivity contribution < 1.29 is 19.1 Å². The molecular formula is C36H46N4O4S. The van der Waals surface area contributed by atoms with Gasteiger partial charge in [-0.25, -0.2) is 9.88 Å². The van der Waals surface area contributed by atoms with Crippen molar-refractivity contribution >= 4 is 35.2 Å². The molecule has 1 aromatic carbocycles. The molecule has 5 rings (SSSR count). The molecule has 1 saturated heterocycles. The first kappa shape index (κ1) is 33.0. The zero-order valence-corrected chi connectivity index (χ0v) is 28.1. The van der Waals surface area contributed by atoms with E-state index >= 15 is 0 Å². The molecule has 240 valence electrons. The number of amides is 3. The molecular weight excluding hydrogens is 584 g/mol. The van der Waals surface area contributed by atoms with Crippen LogP contribution < -0.4 is 9.64 Å². The normalized spacial score (nSPS) is 21.3. The van der Waals surface area contributed by atoms with E-state index in [1.807, 2.05) is 13.0 Å². The van der Waals surface area contributed by atoms with E-state index in [2.05, 4.69) is 26.8 Å². The molecule has 9 heteroatoms. The number of imide groups is 1. The van der Waals surface area contributed by atoms with E-state index < -0.39 is 11.3 Å². The lowest BCUT2D eigenvalue weighted by atomic mass is 9.69. The van der Waals surface area contributed by atoms with Crippen molar-refractivity contribution in [1.82, 2.24) is 9.88 Å². The number of hydrogen-bond donors (Lipinski definition) is 0. The van der Waals surface area contributed by atoms with Gasteiger partial charge in [0, 0.05) is 11.7 Å². The Kier molecular flexibility index (Phi) is 10.2. The van der Waals surface area contributed by atoms with Gasteiger partial charge in [0.05, 0.1) is 30.0 Å². The Morgan fingerprint density at radius 1 is 1.13 bits per heavy atom. The maximum Gasteiger partial charge on any atom is 0.257 e. The van der Waals surface area contributed by atoms with Crippen LogP contribution in [0.1, 0.15) is 102 Å². The number of ether oxygens (including phenoxy) is 1. The Hall–Kier alpha value is -3.38. The van der Waals surface area contributed by atoms with Gasteiger partial charge in [-0.1, -0.05) is 65.1 Å². The van der Waals surface area contributed by atoms with Gasteiger partial charge in [0.15, 0.2) is 0 Å². The Morgan fingerprint density at radius 3 is 2.47 bits per heavy atom. The standard InChI is InChI=1S/C36H46N4O4S/c1-6-31(45-33-24(22-37)19-23-20-25(36(3,4)7-2)13-18-29(23)38-33)35(43)39(26-11-9-8-10-12-26)30-21-32(41)40(34(30)42)27-14-16-28(44-5)17-15-27/h14-17,19,25-26,30-31H,6-13,18,20-21H2,1-5H3. The number of rotatable bonds is 10. The number of benzene rings is 1. The van der Waals surface area contributed by atoms with E-state index in [4.69, 9.17) is 9.72 Å². The third-order valence-electron chi connectivity index (χ3n) is 10.4. The second-order valence-corrected chi connectivity index (χ2v) is 14.6. The third-order valence-corrected chi connectivity index (χ3v) is 11.8. The smallest absolute Gasteiger partial charge is 0.257 e. The van der Waals surface area contributed by atoms with Crippen LogP contribution >= 0.6 is 11.8 Å². The van der Waals surface area contributed by atoms with E-state index in [-0.39, 0.29) is 35.6 Å². The van der Waals surface area contributed by atoms with Crippen molar-refractivity contribution in [1.29, 1.82) is 5.26 Å². The first-order chi connectivity index (χ1) is 21.6. The number of fused-ring (bicyclic) bond motifs is 1. The fraction of sp³-hybridized carbons (Fsp3) is 0.583. The Morgan fingerprint density at radius 2 is 1.84 bits per heavy atom. The molecule has 0 radical (unpaired) electrons. The third kappa shape index (κ3) is 6.77. The van der Waals surface area contributed by atoms with Gasteiger partial charge in [-0.05, 0) is 85.8 Å². The number of nitrogens with zero attached hydrogens (tertiary/aromatic N) is 4. The van der Waals surface area contributed by atoms with E-state index in [9.17, 15) is 19.6 Å². The minimum Gasteiger partial charge on any atom is -0.497 e. The molecule has 3 amide bonds. The van der Waals surface area contributed by atoms with Crippen LogP contribution in [-0.4, -0.2) is 52.0 Å². The van der Waals surface area contributed by atoms with Gasteiger partial charge in [0.1, 0.15) is 22.9 Å². The van der Waals surface area contributed by atoms with E-state index in [1.165, 1.54) is 16.7 Å². The largest absolute Gasteiger partial charge is 0.497 e. The summed E-state index contributed by atoms with van der Waals surface area (Å²) in [7, 11) is 1.57. The van der Waals surface area contributed by atoms with Crippen molar-refractivity contribution in [3.63, 3.8) is 0 Å². The number of nitriles is 1. The van der Waals surface area contributed by atoms with Gasteiger partial charge in [0.2, 0.25) is 11.8 Å². The van der Waals surface area contributed by atoms with Gasteiger partial charge in [-0.15, -0.1) is 0 Å². The van der Waals surface area contributed by atoms with Crippen molar-refractivity contribution in [3.8, 4) is 11.8 Å². The maximum absolute atomic E-state index is 14.5. The van der Waals surface area contributed by atoms with Crippen LogP contribution in [0.3, 0.4) is 0 Å².